The number of carbonyl (C=O) groups is 1. The third kappa shape index (κ3) is 4.91. The second-order valence-corrected chi connectivity index (χ2v) is 4.31. The van der Waals surface area contributed by atoms with Crippen LogP contribution in [0.2, 0.25) is 0 Å². The van der Waals surface area contributed by atoms with Gasteiger partial charge in [-0.15, -0.1) is 0 Å². The van der Waals surface area contributed by atoms with Gasteiger partial charge in [-0.05, 0) is 12.5 Å². The molecule has 1 amide bonds. The molecule has 17 heavy (non-hydrogen) atoms. The van der Waals surface area contributed by atoms with Gasteiger partial charge in [0.15, 0.2) is 0 Å². The monoisotopic (exact) mass is 303 g/mol. The standard InChI is InChI=1S/C12H18BrNO3/c1-2-11-10(4-8-17-11)12(15)14-6-3-7-16-9-5-13/h4,8H,2-3,5-7,9H2,1H3,(H,14,15). The molecule has 0 saturated heterocycles. The first-order valence-electron chi connectivity index (χ1n) is 5.77. The molecule has 1 N–H and O–H groups in total. The van der Waals surface area contributed by atoms with E-state index >= 15 is 0 Å². The van der Waals surface area contributed by atoms with Gasteiger partial charge in [0, 0.05) is 24.9 Å². The van der Waals surface area contributed by atoms with Crippen molar-refractivity contribution in [3.05, 3.63) is 23.7 Å². The van der Waals surface area contributed by atoms with Crippen molar-refractivity contribution in [3.63, 3.8) is 0 Å². The van der Waals surface area contributed by atoms with Crippen molar-refractivity contribution in [3.8, 4) is 0 Å². The first-order chi connectivity index (χ1) is 8.29. The maximum Gasteiger partial charge on any atom is 0.254 e. The average molecular weight is 304 g/mol. The number of ether oxygens (including phenoxy) is 1. The van der Waals surface area contributed by atoms with Crippen LogP contribution in [-0.2, 0) is 11.2 Å². The first-order valence-corrected chi connectivity index (χ1v) is 6.90. The van der Waals surface area contributed by atoms with Crippen molar-refractivity contribution in [1.82, 2.24) is 5.32 Å². The quantitative estimate of drug-likeness (QED) is 0.592. The van der Waals surface area contributed by atoms with Crippen LogP contribution in [0.25, 0.3) is 0 Å². The fourth-order valence-electron chi connectivity index (χ4n) is 1.44. The van der Waals surface area contributed by atoms with Gasteiger partial charge in [0.05, 0.1) is 18.4 Å². The molecule has 0 atom stereocenters. The predicted octanol–water partition coefficient (Wildman–Crippen LogP) is 2.37. The van der Waals surface area contributed by atoms with Gasteiger partial charge in [0.2, 0.25) is 0 Å². The number of amides is 1. The summed E-state index contributed by atoms with van der Waals surface area (Å²) in [7, 11) is 0. The fraction of sp³-hybridized carbons (Fsp3) is 0.583. The highest BCUT2D eigenvalue weighted by Gasteiger charge is 2.11. The Labute approximate surface area is 110 Å². The molecule has 1 heterocycles. The van der Waals surface area contributed by atoms with E-state index in [4.69, 9.17) is 9.15 Å². The minimum atomic E-state index is -0.0731. The predicted molar refractivity (Wildman–Crippen MR) is 69.6 cm³/mol. The molecule has 0 saturated carbocycles. The van der Waals surface area contributed by atoms with Crippen LogP contribution in [0.1, 0.15) is 29.5 Å². The maximum absolute atomic E-state index is 11.8. The Kier molecular flexibility index (Phi) is 6.96. The van der Waals surface area contributed by atoms with Crippen LogP contribution in [-0.4, -0.2) is 31.0 Å². The van der Waals surface area contributed by atoms with Crippen LogP contribution in [0.15, 0.2) is 16.7 Å². The molecule has 0 fully saturated rings. The lowest BCUT2D eigenvalue weighted by Gasteiger charge is -2.05. The normalized spacial score (nSPS) is 10.5. The summed E-state index contributed by atoms with van der Waals surface area (Å²) in [4.78, 5) is 11.8. The fourth-order valence-corrected chi connectivity index (χ4v) is 1.67. The lowest BCUT2D eigenvalue weighted by atomic mass is 10.2. The second kappa shape index (κ2) is 8.31. The molecule has 0 bridgehead atoms. The van der Waals surface area contributed by atoms with E-state index in [0.29, 0.717) is 25.3 Å². The van der Waals surface area contributed by atoms with E-state index in [-0.39, 0.29) is 5.91 Å². The lowest BCUT2D eigenvalue weighted by molar-refractivity contribution is 0.0943. The summed E-state index contributed by atoms with van der Waals surface area (Å²) < 4.78 is 10.5. The summed E-state index contributed by atoms with van der Waals surface area (Å²) in [6.45, 7) is 3.95. The van der Waals surface area contributed by atoms with E-state index in [0.717, 1.165) is 23.9 Å². The summed E-state index contributed by atoms with van der Waals surface area (Å²) in [5, 5.41) is 3.69. The number of hydrogen-bond donors (Lipinski definition) is 1. The van der Waals surface area contributed by atoms with Crippen molar-refractivity contribution in [2.45, 2.75) is 19.8 Å². The Morgan fingerprint density at radius 2 is 2.35 bits per heavy atom. The molecule has 0 aliphatic heterocycles. The molecule has 1 aromatic heterocycles. The largest absolute Gasteiger partial charge is 0.469 e. The van der Waals surface area contributed by atoms with E-state index in [2.05, 4.69) is 21.2 Å². The van der Waals surface area contributed by atoms with Gasteiger partial charge in [-0.1, -0.05) is 22.9 Å². The Bertz CT molecular complexity index is 338. The maximum atomic E-state index is 11.8. The molecule has 0 radical (unpaired) electrons. The van der Waals surface area contributed by atoms with E-state index in [1.807, 2.05) is 6.92 Å². The van der Waals surface area contributed by atoms with Gasteiger partial charge in [-0.2, -0.15) is 0 Å². The van der Waals surface area contributed by atoms with Crippen molar-refractivity contribution in [2.24, 2.45) is 0 Å². The molecule has 0 spiro atoms. The van der Waals surface area contributed by atoms with E-state index < -0.39 is 0 Å². The number of furan rings is 1. The Balaban J connectivity index is 2.21. The zero-order valence-corrected chi connectivity index (χ0v) is 11.6. The minimum Gasteiger partial charge on any atom is -0.469 e. The first kappa shape index (κ1) is 14.3. The Morgan fingerprint density at radius 3 is 3.06 bits per heavy atom. The molecule has 1 rings (SSSR count). The zero-order valence-electron chi connectivity index (χ0n) is 10.0. The number of aryl methyl sites for hydroxylation is 1. The van der Waals surface area contributed by atoms with Gasteiger partial charge in [0.1, 0.15) is 5.76 Å². The van der Waals surface area contributed by atoms with Gasteiger partial charge < -0.3 is 14.5 Å². The second-order valence-electron chi connectivity index (χ2n) is 3.52. The van der Waals surface area contributed by atoms with Gasteiger partial charge in [0.25, 0.3) is 5.91 Å². The van der Waals surface area contributed by atoms with E-state index in [9.17, 15) is 4.79 Å². The SMILES string of the molecule is CCc1occc1C(=O)NCCCOCCBr. The van der Waals surface area contributed by atoms with Crippen molar-refractivity contribution < 1.29 is 13.9 Å². The third-order valence-electron chi connectivity index (χ3n) is 2.28. The number of nitrogens with one attached hydrogen (secondary N) is 1. The summed E-state index contributed by atoms with van der Waals surface area (Å²) in [5.74, 6) is 0.661. The van der Waals surface area contributed by atoms with Crippen LogP contribution in [0.3, 0.4) is 0 Å². The third-order valence-corrected chi connectivity index (χ3v) is 2.61. The van der Waals surface area contributed by atoms with Crippen LogP contribution in [0, 0.1) is 0 Å². The summed E-state index contributed by atoms with van der Waals surface area (Å²) in [5.41, 5.74) is 0.633. The molecular weight excluding hydrogens is 286 g/mol. The summed E-state index contributed by atoms with van der Waals surface area (Å²) in [6, 6.07) is 1.70. The van der Waals surface area contributed by atoms with Crippen molar-refractivity contribution in [2.75, 3.05) is 25.1 Å². The molecule has 0 aromatic carbocycles. The molecule has 0 unspecified atom stereocenters. The molecular formula is C12H18BrNO3. The summed E-state index contributed by atoms with van der Waals surface area (Å²) >= 11 is 3.28. The van der Waals surface area contributed by atoms with Crippen molar-refractivity contribution in [1.29, 1.82) is 0 Å². The van der Waals surface area contributed by atoms with Crippen LogP contribution < -0.4 is 5.32 Å². The topological polar surface area (TPSA) is 51.5 Å². The number of rotatable bonds is 8. The van der Waals surface area contributed by atoms with Crippen LogP contribution >= 0.6 is 15.9 Å². The van der Waals surface area contributed by atoms with E-state index in [1.165, 1.54) is 0 Å². The van der Waals surface area contributed by atoms with Crippen LogP contribution in [0.4, 0.5) is 0 Å². The average Bonchev–Trinajstić information content (AvgIpc) is 2.81. The molecule has 5 heteroatoms. The van der Waals surface area contributed by atoms with Gasteiger partial charge in [-0.3, -0.25) is 4.79 Å². The minimum absolute atomic E-state index is 0.0731. The molecule has 4 nitrogen and oxygen atoms in total. The van der Waals surface area contributed by atoms with Crippen molar-refractivity contribution >= 4 is 21.8 Å². The van der Waals surface area contributed by atoms with Gasteiger partial charge in [-0.25, -0.2) is 0 Å². The number of carbonyl (C=O) groups excluding carboxylic acids is 1. The number of hydrogen-bond acceptors (Lipinski definition) is 3. The van der Waals surface area contributed by atoms with Gasteiger partial charge >= 0.3 is 0 Å². The highest BCUT2D eigenvalue weighted by molar-refractivity contribution is 9.09. The molecule has 0 aliphatic rings. The lowest BCUT2D eigenvalue weighted by Crippen LogP contribution is -2.25. The van der Waals surface area contributed by atoms with E-state index in [1.54, 1.807) is 12.3 Å². The zero-order chi connectivity index (χ0) is 12.5. The highest BCUT2D eigenvalue weighted by atomic mass is 79.9. The highest BCUT2D eigenvalue weighted by Crippen LogP contribution is 2.10. The molecule has 0 aliphatic carbocycles. The molecule has 96 valence electrons. The Morgan fingerprint density at radius 1 is 1.53 bits per heavy atom. The molecule has 1 aromatic rings. The number of alkyl halides is 1. The number of halogens is 1. The summed E-state index contributed by atoms with van der Waals surface area (Å²) in [6.07, 6.45) is 3.09. The smallest absolute Gasteiger partial charge is 0.254 e. The Hall–Kier alpha value is -0.810. The van der Waals surface area contributed by atoms with Crippen LogP contribution in [0.5, 0.6) is 0 Å².